The molecule has 0 fully saturated rings. The zero-order valence-corrected chi connectivity index (χ0v) is 11.6. The molecule has 2 nitrogen and oxygen atoms in total. The lowest BCUT2D eigenvalue weighted by Crippen LogP contribution is -2.10. The van der Waals surface area contributed by atoms with Crippen LogP contribution in [0.5, 0.6) is 0 Å². The molecule has 0 aliphatic heterocycles. The normalized spacial score (nSPS) is 10.8. The van der Waals surface area contributed by atoms with Crippen molar-refractivity contribution in [3.8, 4) is 11.3 Å². The van der Waals surface area contributed by atoms with Crippen LogP contribution in [0.25, 0.3) is 11.3 Å². The number of furan rings is 1. The zero-order valence-electron chi connectivity index (χ0n) is 10.8. The molecule has 4 heteroatoms. The highest BCUT2D eigenvalue weighted by atomic mass is 32.1. The molecule has 1 aromatic carbocycles. The van der Waals surface area contributed by atoms with Crippen LogP contribution in [0.15, 0.2) is 58.3 Å². The average Bonchev–Trinajstić information content (AvgIpc) is 3.11. The minimum Gasteiger partial charge on any atom is -0.460 e. The van der Waals surface area contributed by atoms with Gasteiger partial charge in [0.05, 0.1) is 12.1 Å². The molecule has 0 bridgehead atoms. The van der Waals surface area contributed by atoms with Gasteiger partial charge in [-0.15, -0.1) is 11.3 Å². The third-order valence-electron chi connectivity index (χ3n) is 2.98. The van der Waals surface area contributed by atoms with E-state index in [0.29, 0.717) is 17.9 Å². The van der Waals surface area contributed by atoms with Crippen molar-refractivity contribution in [3.05, 3.63) is 70.4 Å². The van der Waals surface area contributed by atoms with Crippen LogP contribution in [-0.4, -0.2) is 0 Å². The Kier molecular flexibility index (Phi) is 3.95. The molecule has 20 heavy (non-hydrogen) atoms. The first kappa shape index (κ1) is 13.1. The average molecular weight is 287 g/mol. The van der Waals surface area contributed by atoms with Crippen molar-refractivity contribution in [2.24, 2.45) is 0 Å². The Morgan fingerprint density at radius 3 is 2.70 bits per heavy atom. The highest BCUT2D eigenvalue weighted by Gasteiger charge is 2.08. The van der Waals surface area contributed by atoms with E-state index in [9.17, 15) is 4.39 Å². The molecule has 0 aliphatic carbocycles. The largest absolute Gasteiger partial charge is 0.460 e. The van der Waals surface area contributed by atoms with Gasteiger partial charge in [0, 0.05) is 11.4 Å². The van der Waals surface area contributed by atoms with Crippen LogP contribution in [0.4, 0.5) is 4.39 Å². The lowest BCUT2D eigenvalue weighted by Gasteiger charge is -2.01. The van der Waals surface area contributed by atoms with Crippen LogP contribution in [0.1, 0.15) is 10.6 Å². The first-order valence-corrected chi connectivity index (χ1v) is 7.27. The van der Waals surface area contributed by atoms with Crippen LogP contribution in [0.3, 0.4) is 0 Å². The summed E-state index contributed by atoms with van der Waals surface area (Å²) in [5.41, 5.74) is 0.497. The Morgan fingerprint density at radius 1 is 1.00 bits per heavy atom. The van der Waals surface area contributed by atoms with Gasteiger partial charge < -0.3 is 9.73 Å². The minimum atomic E-state index is -0.264. The molecule has 2 aromatic heterocycles. The molecule has 1 N–H and O–H groups in total. The van der Waals surface area contributed by atoms with E-state index in [1.807, 2.05) is 12.1 Å². The molecule has 3 rings (SSSR count). The van der Waals surface area contributed by atoms with Gasteiger partial charge in [0.25, 0.3) is 0 Å². The third kappa shape index (κ3) is 2.98. The fourth-order valence-corrected chi connectivity index (χ4v) is 2.68. The summed E-state index contributed by atoms with van der Waals surface area (Å²) in [6.07, 6.45) is 0. The van der Waals surface area contributed by atoms with E-state index in [0.717, 1.165) is 12.3 Å². The fraction of sp³-hybridized carbons (Fsp3) is 0.125. The van der Waals surface area contributed by atoms with E-state index in [2.05, 4.69) is 16.8 Å². The summed E-state index contributed by atoms with van der Waals surface area (Å²) < 4.78 is 19.3. The molecule has 3 aromatic rings. The van der Waals surface area contributed by atoms with Gasteiger partial charge in [0.1, 0.15) is 17.3 Å². The topological polar surface area (TPSA) is 25.2 Å². The van der Waals surface area contributed by atoms with Gasteiger partial charge in [-0.1, -0.05) is 18.2 Å². The van der Waals surface area contributed by atoms with E-state index in [-0.39, 0.29) is 5.82 Å². The standard InChI is InChI=1S/C16H14FNOS/c17-15-6-2-1-5-14(15)16-8-7-12(19-16)10-18-11-13-4-3-9-20-13/h1-9,18H,10-11H2. The molecule has 0 unspecified atom stereocenters. The Morgan fingerprint density at radius 2 is 1.90 bits per heavy atom. The number of nitrogens with one attached hydrogen (secondary N) is 1. The first-order valence-electron chi connectivity index (χ1n) is 6.39. The Balaban J connectivity index is 1.64. The molecule has 0 aliphatic rings. The summed E-state index contributed by atoms with van der Waals surface area (Å²) in [6, 6.07) is 14.4. The molecule has 0 amide bonds. The van der Waals surface area contributed by atoms with Crippen molar-refractivity contribution in [2.75, 3.05) is 0 Å². The van der Waals surface area contributed by atoms with Crippen LogP contribution in [-0.2, 0) is 13.1 Å². The molecular weight excluding hydrogens is 273 g/mol. The van der Waals surface area contributed by atoms with E-state index in [1.165, 1.54) is 10.9 Å². The fourth-order valence-electron chi connectivity index (χ4n) is 2.00. The molecule has 0 spiro atoms. The summed E-state index contributed by atoms with van der Waals surface area (Å²) in [6.45, 7) is 1.44. The second kappa shape index (κ2) is 6.03. The molecule has 2 heterocycles. The van der Waals surface area contributed by atoms with Crippen LogP contribution in [0.2, 0.25) is 0 Å². The second-order valence-electron chi connectivity index (χ2n) is 4.43. The third-order valence-corrected chi connectivity index (χ3v) is 3.86. The molecule has 0 atom stereocenters. The predicted molar refractivity (Wildman–Crippen MR) is 79.0 cm³/mol. The smallest absolute Gasteiger partial charge is 0.137 e. The predicted octanol–water partition coefficient (Wildman–Crippen LogP) is 4.44. The number of thiophene rings is 1. The Hall–Kier alpha value is -1.91. The number of halogens is 1. The summed E-state index contributed by atoms with van der Waals surface area (Å²) in [7, 11) is 0. The maximum absolute atomic E-state index is 13.6. The van der Waals surface area contributed by atoms with E-state index < -0.39 is 0 Å². The minimum absolute atomic E-state index is 0.264. The number of hydrogen-bond donors (Lipinski definition) is 1. The van der Waals surface area contributed by atoms with Crippen LogP contribution < -0.4 is 5.32 Å². The van der Waals surface area contributed by atoms with Crippen molar-refractivity contribution < 1.29 is 8.81 Å². The summed E-state index contributed by atoms with van der Waals surface area (Å²) in [5, 5.41) is 5.36. The highest BCUT2D eigenvalue weighted by Crippen LogP contribution is 2.24. The summed E-state index contributed by atoms with van der Waals surface area (Å²) >= 11 is 1.72. The zero-order chi connectivity index (χ0) is 13.8. The van der Waals surface area contributed by atoms with Crippen LogP contribution >= 0.6 is 11.3 Å². The van der Waals surface area contributed by atoms with Crippen molar-refractivity contribution in [1.29, 1.82) is 0 Å². The second-order valence-corrected chi connectivity index (χ2v) is 5.46. The maximum atomic E-state index is 13.6. The van der Waals surface area contributed by atoms with Gasteiger partial charge in [-0.05, 0) is 35.7 Å². The van der Waals surface area contributed by atoms with Crippen molar-refractivity contribution in [2.45, 2.75) is 13.1 Å². The van der Waals surface area contributed by atoms with Gasteiger partial charge >= 0.3 is 0 Å². The lowest BCUT2D eigenvalue weighted by molar-refractivity contribution is 0.491. The number of benzene rings is 1. The SMILES string of the molecule is Fc1ccccc1-c1ccc(CNCc2cccs2)o1. The van der Waals surface area contributed by atoms with Gasteiger partial charge in [-0.2, -0.15) is 0 Å². The van der Waals surface area contributed by atoms with E-state index in [4.69, 9.17) is 4.42 Å². The van der Waals surface area contributed by atoms with Gasteiger partial charge in [-0.3, -0.25) is 0 Å². The molecule has 102 valence electrons. The number of rotatable bonds is 5. The molecule has 0 saturated heterocycles. The number of hydrogen-bond acceptors (Lipinski definition) is 3. The maximum Gasteiger partial charge on any atom is 0.137 e. The molecule has 0 saturated carbocycles. The van der Waals surface area contributed by atoms with Crippen LogP contribution in [0, 0.1) is 5.82 Å². The summed E-state index contributed by atoms with van der Waals surface area (Å²) in [5.74, 6) is 1.11. The van der Waals surface area contributed by atoms with E-state index >= 15 is 0 Å². The van der Waals surface area contributed by atoms with Gasteiger partial charge in [0.2, 0.25) is 0 Å². The van der Waals surface area contributed by atoms with Crippen molar-refractivity contribution in [3.63, 3.8) is 0 Å². The monoisotopic (exact) mass is 287 g/mol. The van der Waals surface area contributed by atoms with Crippen molar-refractivity contribution in [1.82, 2.24) is 5.32 Å². The van der Waals surface area contributed by atoms with E-state index in [1.54, 1.807) is 35.6 Å². The Labute approximate surface area is 120 Å². The quantitative estimate of drug-likeness (QED) is 0.750. The molecular formula is C16H14FNOS. The van der Waals surface area contributed by atoms with Crippen molar-refractivity contribution >= 4 is 11.3 Å². The van der Waals surface area contributed by atoms with Gasteiger partial charge in [-0.25, -0.2) is 4.39 Å². The van der Waals surface area contributed by atoms with Gasteiger partial charge in [0.15, 0.2) is 0 Å². The summed E-state index contributed by atoms with van der Waals surface area (Å²) in [4.78, 5) is 1.28. The Bertz CT molecular complexity index is 675. The molecule has 0 radical (unpaired) electrons. The lowest BCUT2D eigenvalue weighted by atomic mass is 10.1. The first-order chi connectivity index (χ1) is 9.83. The highest BCUT2D eigenvalue weighted by molar-refractivity contribution is 7.09.